The molecule has 3 N–H and O–H groups in total. The topological polar surface area (TPSA) is 90.0 Å². The second-order valence-electron chi connectivity index (χ2n) is 6.28. The lowest BCUT2D eigenvalue weighted by Crippen LogP contribution is -2.24. The number of nitrogens with one attached hydrogen (secondary N) is 1. The van der Waals surface area contributed by atoms with E-state index in [-0.39, 0.29) is 29.0 Å². The maximum Gasteiger partial charge on any atom is 0.256 e. The van der Waals surface area contributed by atoms with Crippen molar-refractivity contribution in [2.45, 2.75) is 20.0 Å². The molecule has 0 saturated carbocycles. The van der Waals surface area contributed by atoms with Gasteiger partial charge in [-0.2, -0.15) is 5.10 Å². The summed E-state index contributed by atoms with van der Waals surface area (Å²) in [5.41, 5.74) is 7.93. The third-order valence-corrected chi connectivity index (χ3v) is 4.59. The molecule has 3 aromatic rings. The molecule has 3 rings (SSSR count). The number of carbonyl (C=O) groups is 2. The van der Waals surface area contributed by atoms with Crippen LogP contribution in [0.2, 0.25) is 5.15 Å². The molecule has 0 bridgehead atoms. The molecule has 1 heterocycles. The molecule has 0 radical (unpaired) electrons. The Morgan fingerprint density at radius 2 is 1.89 bits per heavy atom. The first-order valence-electron chi connectivity index (χ1n) is 8.49. The molecule has 8 heteroatoms. The number of nitrogens with zero attached hydrogens (tertiary/aromatic N) is 2. The first-order chi connectivity index (χ1) is 13.3. The van der Waals surface area contributed by atoms with Crippen molar-refractivity contribution in [2.24, 2.45) is 5.73 Å². The fourth-order valence-electron chi connectivity index (χ4n) is 2.78. The Kier molecular flexibility index (Phi) is 5.75. The average molecular weight is 401 g/mol. The standard InChI is InChI=1S/C20H18ClFN4O2/c1-12-17(18(21)26(25-12)11-13-5-7-16(22)8-6-13)20(28)24-10-14-3-2-4-15(9-14)19(23)27/h2-9H,10-11H2,1H3,(H2,23,27)(H,24,28). The van der Waals surface area contributed by atoms with Crippen LogP contribution < -0.4 is 11.1 Å². The summed E-state index contributed by atoms with van der Waals surface area (Å²) < 4.78 is 14.5. The average Bonchev–Trinajstić information content (AvgIpc) is 2.95. The number of carbonyl (C=O) groups excluding carboxylic acids is 2. The third-order valence-electron chi connectivity index (χ3n) is 4.20. The zero-order valence-electron chi connectivity index (χ0n) is 15.1. The van der Waals surface area contributed by atoms with Gasteiger partial charge in [-0.05, 0) is 42.3 Å². The van der Waals surface area contributed by atoms with Gasteiger partial charge in [0.15, 0.2) is 0 Å². The van der Waals surface area contributed by atoms with Crippen LogP contribution in [-0.4, -0.2) is 21.6 Å². The molecule has 0 aliphatic carbocycles. The Hall–Kier alpha value is -3.19. The van der Waals surface area contributed by atoms with Gasteiger partial charge < -0.3 is 11.1 Å². The van der Waals surface area contributed by atoms with Crippen LogP contribution in [0.3, 0.4) is 0 Å². The third kappa shape index (κ3) is 4.37. The van der Waals surface area contributed by atoms with E-state index >= 15 is 0 Å². The van der Waals surface area contributed by atoms with Gasteiger partial charge in [0.1, 0.15) is 11.0 Å². The summed E-state index contributed by atoms with van der Waals surface area (Å²) >= 11 is 6.36. The second-order valence-corrected chi connectivity index (χ2v) is 6.64. The van der Waals surface area contributed by atoms with Crippen molar-refractivity contribution in [3.8, 4) is 0 Å². The highest BCUT2D eigenvalue weighted by atomic mass is 35.5. The van der Waals surface area contributed by atoms with Gasteiger partial charge in [-0.3, -0.25) is 9.59 Å². The molecule has 0 atom stereocenters. The number of aromatic nitrogens is 2. The molecule has 0 spiro atoms. The minimum atomic E-state index is -0.533. The van der Waals surface area contributed by atoms with Crippen LogP contribution in [0, 0.1) is 12.7 Å². The fraction of sp³-hybridized carbons (Fsp3) is 0.150. The quantitative estimate of drug-likeness (QED) is 0.666. The Balaban J connectivity index is 1.73. The van der Waals surface area contributed by atoms with Crippen molar-refractivity contribution in [3.05, 3.63) is 87.4 Å². The number of aryl methyl sites for hydroxylation is 1. The molecule has 28 heavy (non-hydrogen) atoms. The minimum absolute atomic E-state index is 0.199. The molecule has 144 valence electrons. The number of rotatable bonds is 6. The van der Waals surface area contributed by atoms with Crippen LogP contribution in [0.25, 0.3) is 0 Å². The van der Waals surface area contributed by atoms with E-state index in [0.717, 1.165) is 11.1 Å². The van der Waals surface area contributed by atoms with Crippen molar-refractivity contribution in [1.82, 2.24) is 15.1 Å². The van der Waals surface area contributed by atoms with Gasteiger partial charge in [0, 0.05) is 12.1 Å². The Morgan fingerprint density at radius 1 is 1.18 bits per heavy atom. The molecule has 0 fully saturated rings. The van der Waals surface area contributed by atoms with E-state index < -0.39 is 5.91 Å². The van der Waals surface area contributed by atoms with Gasteiger partial charge in [-0.15, -0.1) is 0 Å². The van der Waals surface area contributed by atoms with E-state index in [2.05, 4.69) is 10.4 Å². The zero-order chi connectivity index (χ0) is 20.3. The fourth-order valence-corrected chi connectivity index (χ4v) is 3.10. The van der Waals surface area contributed by atoms with E-state index in [9.17, 15) is 14.0 Å². The van der Waals surface area contributed by atoms with Crippen molar-refractivity contribution in [3.63, 3.8) is 0 Å². The number of hydrogen-bond donors (Lipinski definition) is 2. The normalized spacial score (nSPS) is 10.7. The summed E-state index contributed by atoms with van der Waals surface area (Å²) in [6.45, 7) is 2.21. The number of nitrogens with two attached hydrogens (primary N) is 1. The van der Waals surface area contributed by atoms with Crippen molar-refractivity contribution >= 4 is 23.4 Å². The van der Waals surface area contributed by atoms with E-state index in [4.69, 9.17) is 17.3 Å². The van der Waals surface area contributed by atoms with Crippen LogP contribution in [-0.2, 0) is 13.1 Å². The van der Waals surface area contributed by atoms with Crippen LogP contribution in [0.5, 0.6) is 0 Å². The Morgan fingerprint density at radius 3 is 2.57 bits per heavy atom. The number of amides is 2. The highest BCUT2D eigenvalue weighted by Gasteiger charge is 2.20. The first-order valence-corrected chi connectivity index (χ1v) is 8.87. The molecule has 0 aliphatic heterocycles. The monoisotopic (exact) mass is 400 g/mol. The smallest absolute Gasteiger partial charge is 0.256 e. The van der Waals surface area contributed by atoms with Crippen LogP contribution in [0.4, 0.5) is 4.39 Å². The summed E-state index contributed by atoms with van der Waals surface area (Å²) in [4.78, 5) is 23.9. The molecule has 0 saturated heterocycles. The number of primary amides is 1. The lowest BCUT2D eigenvalue weighted by Gasteiger charge is -2.07. The van der Waals surface area contributed by atoms with E-state index in [1.165, 1.54) is 16.8 Å². The summed E-state index contributed by atoms with van der Waals surface area (Å²) in [5.74, 6) is -1.24. The van der Waals surface area contributed by atoms with E-state index in [1.807, 2.05) is 0 Å². The largest absolute Gasteiger partial charge is 0.366 e. The highest BCUT2D eigenvalue weighted by Crippen LogP contribution is 2.21. The highest BCUT2D eigenvalue weighted by molar-refractivity contribution is 6.33. The SMILES string of the molecule is Cc1nn(Cc2ccc(F)cc2)c(Cl)c1C(=O)NCc1cccc(C(N)=O)c1. The predicted molar refractivity (Wildman–Crippen MR) is 104 cm³/mol. The Labute approximate surface area is 166 Å². The van der Waals surface area contributed by atoms with Crippen molar-refractivity contribution in [2.75, 3.05) is 0 Å². The lowest BCUT2D eigenvalue weighted by molar-refractivity contribution is 0.0949. The lowest BCUT2D eigenvalue weighted by atomic mass is 10.1. The summed E-state index contributed by atoms with van der Waals surface area (Å²) in [6, 6.07) is 12.7. The molecule has 2 amide bonds. The van der Waals surface area contributed by atoms with Crippen LogP contribution >= 0.6 is 11.6 Å². The van der Waals surface area contributed by atoms with Gasteiger partial charge in [0.05, 0.1) is 17.8 Å². The number of hydrogen-bond acceptors (Lipinski definition) is 3. The molecule has 6 nitrogen and oxygen atoms in total. The van der Waals surface area contributed by atoms with E-state index in [0.29, 0.717) is 17.8 Å². The van der Waals surface area contributed by atoms with Gasteiger partial charge in [0.25, 0.3) is 5.91 Å². The summed E-state index contributed by atoms with van der Waals surface area (Å²) in [5, 5.41) is 7.28. The molecular weight excluding hydrogens is 383 g/mol. The molecule has 2 aromatic carbocycles. The molecule has 1 aromatic heterocycles. The van der Waals surface area contributed by atoms with Gasteiger partial charge >= 0.3 is 0 Å². The molecule has 0 aliphatic rings. The van der Waals surface area contributed by atoms with Crippen molar-refractivity contribution in [1.29, 1.82) is 0 Å². The number of benzene rings is 2. The minimum Gasteiger partial charge on any atom is -0.366 e. The maximum absolute atomic E-state index is 13.0. The van der Waals surface area contributed by atoms with Gasteiger partial charge in [-0.1, -0.05) is 35.9 Å². The van der Waals surface area contributed by atoms with Crippen molar-refractivity contribution < 1.29 is 14.0 Å². The van der Waals surface area contributed by atoms with Gasteiger partial charge in [0.2, 0.25) is 5.91 Å². The number of halogens is 2. The van der Waals surface area contributed by atoms with E-state index in [1.54, 1.807) is 43.3 Å². The van der Waals surface area contributed by atoms with Crippen LogP contribution in [0.15, 0.2) is 48.5 Å². The maximum atomic E-state index is 13.0. The van der Waals surface area contributed by atoms with Crippen LogP contribution in [0.1, 0.15) is 37.5 Å². The molecular formula is C20H18ClFN4O2. The van der Waals surface area contributed by atoms with Gasteiger partial charge in [-0.25, -0.2) is 9.07 Å². The Bertz CT molecular complexity index is 1030. The summed E-state index contributed by atoms with van der Waals surface area (Å²) in [6.07, 6.45) is 0. The molecule has 0 unspecified atom stereocenters. The predicted octanol–water partition coefficient (Wildman–Crippen LogP) is 3.06. The first kappa shape index (κ1) is 19.6. The second kappa shape index (κ2) is 8.22. The zero-order valence-corrected chi connectivity index (χ0v) is 15.8. The summed E-state index contributed by atoms with van der Waals surface area (Å²) in [7, 11) is 0.